The van der Waals surface area contributed by atoms with Crippen molar-refractivity contribution in [3.63, 3.8) is 0 Å². The maximum Gasteiger partial charge on any atom is 0.255 e. The largest absolute Gasteiger partial charge is 0.378 e. The minimum absolute atomic E-state index is 0.0506. The van der Waals surface area contributed by atoms with Crippen LogP contribution in [0.4, 0.5) is 0 Å². The Morgan fingerprint density at radius 2 is 1.79 bits per heavy atom. The van der Waals surface area contributed by atoms with Gasteiger partial charge in [-0.15, -0.1) is 0 Å². The summed E-state index contributed by atoms with van der Waals surface area (Å²) in [6, 6.07) is 15.5. The van der Waals surface area contributed by atoms with E-state index in [1.165, 1.54) is 5.56 Å². The summed E-state index contributed by atoms with van der Waals surface area (Å²) < 4.78 is 9.22. The molecule has 0 amide bonds. The Bertz CT molecular complexity index is 1060. The van der Waals surface area contributed by atoms with Crippen LogP contribution in [0.5, 0.6) is 0 Å². The maximum atomic E-state index is 12.7. The predicted molar refractivity (Wildman–Crippen MR) is 114 cm³/mol. The number of hydrogen-bond acceptors (Lipinski definition) is 4. The molecule has 1 aromatic carbocycles. The van der Waals surface area contributed by atoms with E-state index in [1.807, 2.05) is 41.3 Å². The fourth-order valence-corrected chi connectivity index (χ4v) is 3.75. The Kier molecular flexibility index (Phi) is 5.62. The fourth-order valence-electron chi connectivity index (χ4n) is 3.75. The van der Waals surface area contributed by atoms with Crippen molar-refractivity contribution >= 4 is 5.70 Å². The van der Waals surface area contributed by atoms with Gasteiger partial charge in [-0.3, -0.25) is 14.0 Å². The van der Waals surface area contributed by atoms with Gasteiger partial charge in [0.2, 0.25) is 0 Å². The molecule has 6 heteroatoms. The van der Waals surface area contributed by atoms with E-state index in [4.69, 9.17) is 4.74 Å². The van der Waals surface area contributed by atoms with Gasteiger partial charge in [0.05, 0.1) is 31.7 Å². The number of morpholine rings is 1. The summed E-state index contributed by atoms with van der Waals surface area (Å²) in [6.07, 6.45) is 3.70. The molecule has 2 aromatic heterocycles. The molecule has 29 heavy (non-hydrogen) atoms. The number of nitrogens with zero attached hydrogens (tertiary/aromatic N) is 4. The van der Waals surface area contributed by atoms with Crippen LogP contribution in [-0.4, -0.2) is 45.6 Å². The van der Waals surface area contributed by atoms with Crippen LogP contribution in [0.2, 0.25) is 0 Å². The molecule has 6 nitrogen and oxygen atoms in total. The van der Waals surface area contributed by atoms with E-state index in [2.05, 4.69) is 36.0 Å². The first-order valence-electron chi connectivity index (χ1n) is 9.93. The van der Waals surface area contributed by atoms with Crippen LogP contribution in [-0.2, 0) is 11.3 Å². The van der Waals surface area contributed by atoms with Crippen LogP contribution in [0.1, 0.15) is 23.7 Å². The van der Waals surface area contributed by atoms with E-state index in [0.29, 0.717) is 19.8 Å². The molecule has 1 saturated heterocycles. The number of benzene rings is 1. The van der Waals surface area contributed by atoms with Gasteiger partial charge in [0, 0.05) is 42.3 Å². The van der Waals surface area contributed by atoms with Crippen LogP contribution in [0, 0.1) is 6.92 Å². The van der Waals surface area contributed by atoms with E-state index >= 15 is 0 Å². The molecule has 0 bridgehead atoms. The van der Waals surface area contributed by atoms with E-state index < -0.39 is 0 Å². The quantitative estimate of drug-likeness (QED) is 0.672. The van der Waals surface area contributed by atoms with Gasteiger partial charge in [0.15, 0.2) is 0 Å². The van der Waals surface area contributed by atoms with Crippen LogP contribution < -0.4 is 5.56 Å². The van der Waals surface area contributed by atoms with Crippen molar-refractivity contribution in [3.8, 4) is 0 Å². The molecular formula is C23H26N4O2. The normalized spacial score (nSPS) is 15.3. The van der Waals surface area contributed by atoms with Gasteiger partial charge in [0.1, 0.15) is 0 Å². The fraction of sp³-hybridized carbons (Fsp3) is 0.304. The van der Waals surface area contributed by atoms with Gasteiger partial charge < -0.3 is 9.64 Å². The standard InChI is InChI=1S/C23H26N4O2/c1-18-21(16-24-27(18)17-20-8-4-3-5-9-20)23(26-11-7-6-10-22(26)28)19(2)25-12-14-29-15-13-25/h3-11,16H,12-15,17H2,1-2H3/b23-19-. The predicted octanol–water partition coefficient (Wildman–Crippen LogP) is 2.97. The zero-order valence-corrected chi connectivity index (χ0v) is 16.9. The smallest absolute Gasteiger partial charge is 0.255 e. The van der Waals surface area contributed by atoms with Gasteiger partial charge in [0.25, 0.3) is 5.56 Å². The topological polar surface area (TPSA) is 52.3 Å². The second-order valence-corrected chi connectivity index (χ2v) is 7.23. The van der Waals surface area contributed by atoms with Gasteiger partial charge in [-0.05, 0) is 25.5 Å². The van der Waals surface area contributed by atoms with E-state index in [1.54, 1.807) is 16.7 Å². The summed E-state index contributed by atoms with van der Waals surface area (Å²) in [7, 11) is 0. The summed E-state index contributed by atoms with van der Waals surface area (Å²) in [5, 5.41) is 4.64. The molecule has 150 valence electrons. The highest BCUT2D eigenvalue weighted by Gasteiger charge is 2.21. The van der Waals surface area contributed by atoms with Gasteiger partial charge in [-0.25, -0.2) is 0 Å². The van der Waals surface area contributed by atoms with Crippen LogP contribution in [0.3, 0.4) is 0 Å². The van der Waals surface area contributed by atoms with Gasteiger partial charge in [-0.2, -0.15) is 5.10 Å². The first-order valence-corrected chi connectivity index (χ1v) is 9.93. The maximum absolute atomic E-state index is 12.7. The summed E-state index contributed by atoms with van der Waals surface area (Å²) in [6.45, 7) is 7.85. The van der Waals surface area contributed by atoms with Crippen molar-refractivity contribution < 1.29 is 4.74 Å². The Labute approximate surface area is 170 Å². The highest BCUT2D eigenvalue weighted by Crippen LogP contribution is 2.26. The van der Waals surface area contributed by atoms with Crippen LogP contribution in [0.15, 0.2) is 71.4 Å². The Hall–Kier alpha value is -3.12. The van der Waals surface area contributed by atoms with Crippen LogP contribution >= 0.6 is 0 Å². The first kappa shape index (κ1) is 19.2. The summed E-state index contributed by atoms with van der Waals surface area (Å²) in [5.41, 5.74) is 5.09. The van der Waals surface area contributed by atoms with Crippen molar-refractivity contribution in [1.29, 1.82) is 0 Å². The zero-order valence-electron chi connectivity index (χ0n) is 16.9. The second-order valence-electron chi connectivity index (χ2n) is 7.23. The molecule has 1 aliphatic rings. The monoisotopic (exact) mass is 390 g/mol. The lowest BCUT2D eigenvalue weighted by atomic mass is 10.1. The molecule has 1 fully saturated rings. The van der Waals surface area contributed by atoms with Crippen molar-refractivity contribution in [1.82, 2.24) is 19.2 Å². The highest BCUT2D eigenvalue weighted by atomic mass is 16.5. The summed E-state index contributed by atoms with van der Waals surface area (Å²) in [5.74, 6) is 0. The molecule has 3 heterocycles. The minimum atomic E-state index is -0.0506. The van der Waals surface area contributed by atoms with Crippen molar-refractivity contribution in [2.45, 2.75) is 20.4 Å². The lowest BCUT2D eigenvalue weighted by Crippen LogP contribution is -2.36. The molecule has 0 atom stereocenters. The molecule has 0 spiro atoms. The van der Waals surface area contributed by atoms with E-state index in [9.17, 15) is 4.79 Å². The third-order valence-corrected chi connectivity index (χ3v) is 5.42. The number of hydrogen-bond donors (Lipinski definition) is 0. The van der Waals surface area contributed by atoms with E-state index in [-0.39, 0.29) is 5.56 Å². The first-order chi connectivity index (χ1) is 14.1. The number of ether oxygens (including phenoxy) is 1. The SMILES string of the molecule is C/C(=C(\c1cnn(Cc2ccccc2)c1C)n1ccccc1=O)N1CCOCC1. The van der Waals surface area contributed by atoms with E-state index in [0.717, 1.165) is 35.7 Å². The molecule has 0 aliphatic carbocycles. The Balaban J connectivity index is 1.80. The molecule has 0 saturated carbocycles. The number of pyridine rings is 1. The minimum Gasteiger partial charge on any atom is -0.378 e. The average molecular weight is 390 g/mol. The molecule has 0 N–H and O–H groups in total. The molecule has 4 rings (SSSR count). The molecule has 0 radical (unpaired) electrons. The van der Waals surface area contributed by atoms with Crippen LogP contribution in [0.25, 0.3) is 5.70 Å². The lowest BCUT2D eigenvalue weighted by molar-refractivity contribution is 0.0539. The third kappa shape index (κ3) is 4.03. The Morgan fingerprint density at radius 3 is 2.52 bits per heavy atom. The third-order valence-electron chi connectivity index (χ3n) is 5.42. The second kappa shape index (κ2) is 8.49. The van der Waals surface area contributed by atoms with Crippen molar-refractivity contribution in [3.05, 3.63) is 93.8 Å². The van der Waals surface area contributed by atoms with Crippen molar-refractivity contribution in [2.24, 2.45) is 0 Å². The number of allylic oxidation sites excluding steroid dienone is 1. The van der Waals surface area contributed by atoms with Crippen molar-refractivity contribution in [2.75, 3.05) is 26.3 Å². The average Bonchev–Trinajstić information content (AvgIpc) is 3.11. The molecule has 0 unspecified atom stereocenters. The summed E-state index contributed by atoms with van der Waals surface area (Å²) >= 11 is 0. The summed E-state index contributed by atoms with van der Waals surface area (Å²) in [4.78, 5) is 15.0. The Morgan fingerprint density at radius 1 is 1.07 bits per heavy atom. The lowest BCUT2D eigenvalue weighted by Gasteiger charge is -2.31. The number of aromatic nitrogens is 3. The highest BCUT2D eigenvalue weighted by molar-refractivity contribution is 5.69. The zero-order chi connectivity index (χ0) is 20.2. The molecular weight excluding hydrogens is 364 g/mol. The van der Waals surface area contributed by atoms with Gasteiger partial charge in [-0.1, -0.05) is 36.4 Å². The van der Waals surface area contributed by atoms with Gasteiger partial charge >= 0.3 is 0 Å². The molecule has 1 aliphatic heterocycles. The molecule has 3 aromatic rings. The number of rotatable bonds is 5.